The molecule has 0 bridgehead atoms. The molecule has 0 amide bonds. The largest absolute Gasteiger partial charge is 0.497 e. The molecular formula is C32H28N6O2. The Morgan fingerprint density at radius 2 is 1.27 bits per heavy atom. The van der Waals surface area contributed by atoms with E-state index < -0.39 is 0 Å². The molecule has 40 heavy (non-hydrogen) atoms. The maximum absolute atomic E-state index is 5.96. The monoisotopic (exact) mass is 528 g/mol. The molecule has 4 aromatic carbocycles. The molecule has 0 atom stereocenters. The van der Waals surface area contributed by atoms with E-state index in [0.29, 0.717) is 24.7 Å². The highest BCUT2D eigenvalue weighted by atomic mass is 16.5. The molecular weight excluding hydrogens is 500 g/mol. The first-order valence-electron chi connectivity index (χ1n) is 13.0. The summed E-state index contributed by atoms with van der Waals surface area (Å²) in [5.41, 5.74) is 4.60. The predicted molar refractivity (Wildman–Crippen MR) is 157 cm³/mol. The highest BCUT2D eigenvalue weighted by Crippen LogP contribution is 2.29. The van der Waals surface area contributed by atoms with Gasteiger partial charge in [-0.05, 0) is 59.7 Å². The fourth-order valence-corrected chi connectivity index (χ4v) is 4.43. The minimum atomic E-state index is 0.463. The van der Waals surface area contributed by atoms with Gasteiger partial charge in [-0.3, -0.25) is 0 Å². The van der Waals surface area contributed by atoms with Gasteiger partial charge >= 0.3 is 0 Å². The lowest BCUT2D eigenvalue weighted by Crippen LogP contribution is -2.24. The lowest BCUT2D eigenvalue weighted by molar-refractivity contribution is 0.413. The van der Waals surface area contributed by atoms with Crippen molar-refractivity contribution in [3.05, 3.63) is 127 Å². The molecule has 0 unspecified atom stereocenters. The second-order valence-corrected chi connectivity index (χ2v) is 9.23. The smallest absolute Gasteiger partial charge is 0.231 e. The molecule has 8 heteroatoms. The van der Waals surface area contributed by atoms with Crippen LogP contribution in [-0.2, 0) is 13.1 Å². The Hall–Kier alpha value is -5.37. The van der Waals surface area contributed by atoms with Crippen LogP contribution in [0.3, 0.4) is 0 Å². The number of hydrogen-bond acceptors (Lipinski definition) is 7. The van der Waals surface area contributed by atoms with Gasteiger partial charge in [-0.1, -0.05) is 60.7 Å². The molecule has 198 valence electrons. The van der Waals surface area contributed by atoms with E-state index in [1.165, 1.54) is 11.1 Å². The lowest BCUT2D eigenvalue weighted by atomic mass is 10.1. The van der Waals surface area contributed by atoms with E-state index in [2.05, 4.69) is 73.7 Å². The molecule has 2 aromatic heterocycles. The van der Waals surface area contributed by atoms with Gasteiger partial charge < -0.3 is 24.7 Å². The molecule has 0 saturated heterocycles. The van der Waals surface area contributed by atoms with Gasteiger partial charge in [-0.25, -0.2) is 4.98 Å². The van der Waals surface area contributed by atoms with Crippen LogP contribution in [0.4, 0.5) is 17.5 Å². The van der Waals surface area contributed by atoms with Crippen molar-refractivity contribution in [2.45, 2.75) is 13.1 Å². The third-order valence-corrected chi connectivity index (χ3v) is 6.40. The average Bonchev–Trinajstić information content (AvgIpc) is 3.48. The van der Waals surface area contributed by atoms with Crippen molar-refractivity contribution in [1.82, 2.24) is 19.9 Å². The molecule has 0 saturated carbocycles. The molecule has 0 fully saturated rings. The van der Waals surface area contributed by atoms with Gasteiger partial charge in [-0.2, -0.15) is 9.97 Å². The van der Waals surface area contributed by atoms with E-state index in [1.54, 1.807) is 13.4 Å². The number of anilines is 3. The zero-order valence-electron chi connectivity index (χ0n) is 22.0. The number of imidazole rings is 1. The molecule has 0 aliphatic rings. The quantitative estimate of drug-likeness (QED) is 0.196. The van der Waals surface area contributed by atoms with Crippen LogP contribution in [0, 0.1) is 0 Å². The Kier molecular flexibility index (Phi) is 7.21. The molecule has 2 heterocycles. The molecule has 0 aliphatic carbocycles. The van der Waals surface area contributed by atoms with Crippen LogP contribution < -0.4 is 19.7 Å². The van der Waals surface area contributed by atoms with Gasteiger partial charge in [0.15, 0.2) is 11.5 Å². The zero-order chi connectivity index (χ0) is 27.1. The third-order valence-electron chi connectivity index (χ3n) is 6.40. The van der Waals surface area contributed by atoms with Crippen LogP contribution in [0.5, 0.6) is 17.2 Å². The van der Waals surface area contributed by atoms with Crippen molar-refractivity contribution in [3.63, 3.8) is 0 Å². The molecule has 0 radical (unpaired) electrons. The van der Waals surface area contributed by atoms with Gasteiger partial charge in [-0.15, -0.1) is 0 Å². The summed E-state index contributed by atoms with van der Waals surface area (Å²) in [7, 11) is 1.64. The van der Waals surface area contributed by atoms with Gasteiger partial charge in [0.05, 0.1) is 13.4 Å². The van der Waals surface area contributed by atoms with E-state index in [1.807, 2.05) is 60.7 Å². The normalized spacial score (nSPS) is 10.8. The van der Waals surface area contributed by atoms with Crippen molar-refractivity contribution < 1.29 is 9.47 Å². The maximum Gasteiger partial charge on any atom is 0.231 e. The standard InChI is InChI=1S/C32H28N6O2/c1-39-26-16-18-28(19-17-26)40-27-14-12-25(13-15-27)35-32-36-30-29(33-22-34-30)31(37-32)38(20-23-8-4-2-5-9-23)21-24-10-6-3-7-11-24/h2-19,22H,20-21H2,1H3,(H2,33,34,35,36,37). The van der Waals surface area contributed by atoms with Crippen LogP contribution in [0.25, 0.3) is 11.2 Å². The number of methoxy groups -OCH3 is 1. The zero-order valence-corrected chi connectivity index (χ0v) is 22.0. The van der Waals surface area contributed by atoms with E-state index >= 15 is 0 Å². The van der Waals surface area contributed by atoms with Crippen molar-refractivity contribution >= 4 is 28.6 Å². The molecule has 6 rings (SSSR count). The molecule has 0 spiro atoms. The number of hydrogen-bond donors (Lipinski definition) is 2. The fourth-order valence-electron chi connectivity index (χ4n) is 4.43. The summed E-state index contributed by atoms with van der Waals surface area (Å²) in [5.74, 6) is 3.47. The summed E-state index contributed by atoms with van der Waals surface area (Å²) in [6, 6.07) is 35.9. The Bertz CT molecular complexity index is 1630. The van der Waals surface area contributed by atoms with Crippen LogP contribution in [0.2, 0.25) is 0 Å². The number of ether oxygens (including phenoxy) is 2. The summed E-state index contributed by atoms with van der Waals surface area (Å²) in [6.45, 7) is 1.36. The number of aromatic nitrogens is 4. The number of rotatable bonds is 10. The van der Waals surface area contributed by atoms with E-state index in [9.17, 15) is 0 Å². The Morgan fingerprint density at radius 1 is 0.700 bits per heavy atom. The number of aromatic amines is 1. The summed E-state index contributed by atoms with van der Waals surface area (Å²) < 4.78 is 11.2. The maximum atomic E-state index is 5.96. The van der Waals surface area contributed by atoms with Gasteiger partial charge in [0.25, 0.3) is 0 Å². The number of nitrogens with zero attached hydrogens (tertiary/aromatic N) is 4. The van der Waals surface area contributed by atoms with Crippen molar-refractivity contribution in [1.29, 1.82) is 0 Å². The number of H-pyrrole nitrogens is 1. The van der Waals surface area contributed by atoms with Crippen LogP contribution in [0.1, 0.15) is 11.1 Å². The average molecular weight is 529 g/mol. The third kappa shape index (κ3) is 5.86. The van der Waals surface area contributed by atoms with Gasteiger partial charge in [0, 0.05) is 18.8 Å². The number of nitrogens with one attached hydrogen (secondary N) is 2. The summed E-state index contributed by atoms with van der Waals surface area (Å²) in [5, 5.41) is 3.34. The second-order valence-electron chi connectivity index (χ2n) is 9.23. The molecule has 2 N–H and O–H groups in total. The van der Waals surface area contributed by atoms with E-state index in [0.717, 1.165) is 34.3 Å². The van der Waals surface area contributed by atoms with Crippen LogP contribution in [-0.4, -0.2) is 27.0 Å². The lowest BCUT2D eigenvalue weighted by Gasteiger charge is -2.25. The Balaban J connectivity index is 1.27. The van der Waals surface area contributed by atoms with Gasteiger partial charge in [0.1, 0.15) is 22.8 Å². The number of fused-ring (bicyclic) bond motifs is 1. The summed E-state index contributed by atoms with van der Waals surface area (Å²) in [6.07, 6.45) is 1.65. The molecule has 0 aliphatic heterocycles. The van der Waals surface area contributed by atoms with Gasteiger partial charge in [0.2, 0.25) is 5.95 Å². The first kappa shape index (κ1) is 24.9. The summed E-state index contributed by atoms with van der Waals surface area (Å²) in [4.78, 5) is 19.5. The SMILES string of the molecule is COc1ccc(Oc2ccc(Nc3nc(N(Cc4ccccc4)Cc4ccccc4)c4[nH]cnc4n3)cc2)cc1. The fraction of sp³-hybridized carbons (Fsp3) is 0.0938. The second kappa shape index (κ2) is 11.6. The minimum absolute atomic E-state index is 0.463. The minimum Gasteiger partial charge on any atom is -0.497 e. The predicted octanol–water partition coefficient (Wildman–Crippen LogP) is 7.10. The topological polar surface area (TPSA) is 88.2 Å². The van der Waals surface area contributed by atoms with Crippen molar-refractivity contribution in [3.8, 4) is 17.2 Å². The summed E-state index contributed by atoms with van der Waals surface area (Å²) >= 11 is 0. The first-order chi connectivity index (χ1) is 19.7. The first-order valence-corrected chi connectivity index (χ1v) is 13.0. The van der Waals surface area contributed by atoms with E-state index in [-0.39, 0.29) is 0 Å². The number of benzene rings is 4. The van der Waals surface area contributed by atoms with Crippen molar-refractivity contribution in [2.24, 2.45) is 0 Å². The highest BCUT2D eigenvalue weighted by Gasteiger charge is 2.18. The van der Waals surface area contributed by atoms with Crippen molar-refractivity contribution in [2.75, 3.05) is 17.3 Å². The Morgan fingerprint density at radius 3 is 1.88 bits per heavy atom. The van der Waals surface area contributed by atoms with Crippen LogP contribution >= 0.6 is 0 Å². The Labute approximate surface area is 232 Å². The van der Waals surface area contributed by atoms with Crippen LogP contribution in [0.15, 0.2) is 116 Å². The molecule has 8 nitrogen and oxygen atoms in total. The van der Waals surface area contributed by atoms with E-state index in [4.69, 9.17) is 14.5 Å². The highest BCUT2D eigenvalue weighted by molar-refractivity contribution is 5.84. The molecule has 6 aromatic rings.